The van der Waals surface area contributed by atoms with Gasteiger partial charge in [0.15, 0.2) is 0 Å². The van der Waals surface area contributed by atoms with E-state index in [0.717, 1.165) is 36.4 Å². The highest BCUT2D eigenvalue weighted by Gasteiger charge is 2.25. The molecule has 1 aliphatic carbocycles. The third-order valence-corrected chi connectivity index (χ3v) is 4.05. The predicted molar refractivity (Wildman–Crippen MR) is 89.2 cm³/mol. The van der Waals surface area contributed by atoms with Gasteiger partial charge in [0.05, 0.1) is 0 Å². The molecule has 4 heteroatoms. The highest BCUT2D eigenvalue weighted by molar-refractivity contribution is 9.10. The molecule has 0 spiro atoms. The molecule has 1 heterocycles. The Balaban J connectivity index is 2.12. The van der Waals surface area contributed by atoms with Crippen LogP contribution in [0.2, 0.25) is 0 Å². The first-order valence-electron chi connectivity index (χ1n) is 7.84. The molecular weight excluding hydrogens is 314 g/mol. The van der Waals surface area contributed by atoms with Crippen molar-refractivity contribution in [3.63, 3.8) is 0 Å². The van der Waals surface area contributed by atoms with Crippen LogP contribution in [0.4, 0.5) is 5.82 Å². The molecule has 0 aromatic carbocycles. The fourth-order valence-corrected chi connectivity index (χ4v) is 2.83. The van der Waals surface area contributed by atoms with Gasteiger partial charge >= 0.3 is 0 Å². The van der Waals surface area contributed by atoms with Gasteiger partial charge in [-0.1, -0.05) is 13.8 Å². The van der Waals surface area contributed by atoms with Crippen LogP contribution in [0.3, 0.4) is 0 Å². The molecule has 0 atom stereocenters. The summed E-state index contributed by atoms with van der Waals surface area (Å²) >= 11 is 3.55. The van der Waals surface area contributed by atoms with Crippen molar-refractivity contribution < 1.29 is 0 Å². The lowest BCUT2D eigenvalue weighted by molar-refractivity contribution is 0.658. The Hall–Kier alpha value is -0.610. The zero-order valence-corrected chi connectivity index (χ0v) is 14.2. The second kappa shape index (κ2) is 7.99. The van der Waals surface area contributed by atoms with Gasteiger partial charge in [-0.25, -0.2) is 4.98 Å². The Morgan fingerprint density at radius 2 is 2.15 bits per heavy atom. The minimum atomic E-state index is 0.892. The average molecular weight is 340 g/mol. The number of halogens is 1. The van der Waals surface area contributed by atoms with Crippen molar-refractivity contribution in [3.05, 3.63) is 22.3 Å². The van der Waals surface area contributed by atoms with Gasteiger partial charge < -0.3 is 10.2 Å². The smallest absolute Gasteiger partial charge is 0.133 e. The van der Waals surface area contributed by atoms with E-state index >= 15 is 0 Å². The molecule has 1 saturated carbocycles. The summed E-state index contributed by atoms with van der Waals surface area (Å²) in [7, 11) is 0. The summed E-state index contributed by atoms with van der Waals surface area (Å²) in [6, 6.07) is 2.21. The minimum absolute atomic E-state index is 0.892. The highest BCUT2D eigenvalue weighted by atomic mass is 79.9. The van der Waals surface area contributed by atoms with Crippen LogP contribution in [-0.2, 0) is 6.54 Å². The summed E-state index contributed by atoms with van der Waals surface area (Å²) in [6.45, 7) is 8.68. The average Bonchev–Trinajstić information content (AvgIpc) is 3.23. The number of aromatic nitrogens is 1. The van der Waals surface area contributed by atoms with Crippen LogP contribution in [-0.4, -0.2) is 24.6 Å². The van der Waals surface area contributed by atoms with E-state index in [2.05, 4.69) is 46.1 Å². The van der Waals surface area contributed by atoms with Crippen molar-refractivity contribution >= 4 is 21.7 Å². The van der Waals surface area contributed by atoms with E-state index in [1.807, 2.05) is 6.20 Å². The van der Waals surface area contributed by atoms with Crippen LogP contribution in [0.1, 0.15) is 45.1 Å². The van der Waals surface area contributed by atoms with E-state index in [-0.39, 0.29) is 0 Å². The summed E-state index contributed by atoms with van der Waals surface area (Å²) in [5.74, 6) is 2.06. The third kappa shape index (κ3) is 4.74. The minimum Gasteiger partial charge on any atom is -0.356 e. The maximum Gasteiger partial charge on any atom is 0.133 e. The molecule has 0 amide bonds. The van der Waals surface area contributed by atoms with E-state index in [1.54, 1.807) is 0 Å². The molecule has 0 bridgehead atoms. The van der Waals surface area contributed by atoms with Gasteiger partial charge in [0.25, 0.3) is 0 Å². The molecule has 1 aromatic rings. The molecule has 0 unspecified atom stereocenters. The van der Waals surface area contributed by atoms with Crippen LogP contribution in [0.25, 0.3) is 0 Å². The van der Waals surface area contributed by atoms with Gasteiger partial charge in [-0.15, -0.1) is 0 Å². The first kappa shape index (κ1) is 15.8. The van der Waals surface area contributed by atoms with Crippen LogP contribution in [0, 0.1) is 5.92 Å². The fraction of sp³-hybridized carbons (Fsp3) is 0.688. The van der Waals surface area contributed by atoms with E-state index < -0.39 is 0 Å². The lowest BCUT2D eigenvalue weighted by Gasteiger charge is -2.26. The standard InChI is InChI=1S/C16H26BrN3/c1-3-7-18-10-14-9-15(17)11-19-16(14)20(8-4-2)12-13-5-6-13/h9,11,13,18H,3-8,10,12H2,1-2H3. The van der Waals surface area contributed by atoms with Gasteiger partial charge in [-0.2, -0.15) is 0 Å². The van der Waals surface area contributed by atoms with Gasteiger partial charge in [-0.3, -0.25) is 0 Å². The maximum absolute atomic E-state index is 4.70. The number of rotatable bonds is 9. The van der Waals surface area contributed by atoms with Crippen LogP contribution in [0.15, 0.2) is 16.7 Å². The first-order chi connectivity index (χ1) is 9.74. The summed E-state index contributed by atoms with van der Waals surface area (Å²) in [6.07, 6.45) is 7.04. The molecule has 0 aliphatic heterocycles. The van der Waals surface area contributed by atoms with Crippen molar-refractivity contribution in [1.29, 1.82) is 0 Å². The molecule has 112 valence electrons. The first-order valence-corrected chi connectivity index (χ1v) is 8.64. The van der Waals surface area contributed by atoms with Crippen LogP contribution in [0.5, 0.6) is 0 Å². The Kier molecular flexibility index (Phi) is 6.30. The van der Waals surface area contributed by atoms with Crippen LogP contribution >= 0.6 is 15.9 Å². The molecule has 1 N–H and O–H groups in total. The van der Waals surface area contributed by atoms with E-state index in [0.29, 0.717) is 0 Å². The van der Waals surface area contributed by atoms with Crippen molar-refractivity contribution in [2.24, 2.45) is 5.92 Å². The monoisotopic (exact) mass is 339 g/mol. The predicted octanol–water partition coefficient (Wildman–Crippen LogP) is 3.97. The number of nitrogens with zero attached hydrogens (tertiary/aromatic N) is 2. The Morgan fingerprint density at radius 3 is 2.80 bits per heavy atom. The van der Waals surface area contributed by atoms with Gasteiger partial charge in [0.1, 0.15) is 5.82 Å². The molecule has 3 nitrogen and oxygen atoms in total. The summed E-state index contributed by atoms with van der Waals surface area (Å²) in [5, 5.41) is 3.50. The zero-order valence-electron chi connectivity index (χ0n) is 12.7. The molecule has 0 radical (unpaired) electrons. The quantitative estimate of drug-likeness (QED) is 0.690. The van der Waals surface area contributed by atoms with Crippen molar-refractivity contribution in [2.75, 3.05) is 24.5 Å². The molecule has 2 rings (SSSR count). The van der Waals surface area contributed by atoms with Crippen LogP contribution < -0.4 is 10.2 Å². The number of pyridine rings is 1. The number of nitrogens with one attached hydrogen (secondary N) is 1. The van der Waals surface area contributed by atoms with Crippen molar-refractivity contribution in [1.82, 2.24) is 10.3 Å². The number of anilines is 1. The normalized spacial score (nSPS) is 14.6. The fourth-order valence-electron chi connectivity index (χ4n) is 2.45. The topological polar surface area (TPSA) is 28.2 Å². The van der Waals surface area contributed by atoms with Gasteiger partial charge in [0.2, 0.25) is 0 Å². The zero-order chi connectivity index (χ0) is 14.4. The molecule has 0 saturated heterocycles. The summed E-state index contributed by atoms with van der Waals surface area (Å²) in [4.78, 5) is 7.18. The van der Waals surface area contributed by atoms with Crippen molar-refractivity contribution in [2.45, 2.75) is 46.1 Å². The molecule has 20 heavy (non-hydrogen) atoms. The van der Waals surface area contributed by atoms with E-state index in [1.165, 1.54) is 37.2 Å². The van der Waals surface area contributed by atoms with E-state index in [4.69, 9.17) is 4.98 Å². The van der Waals surface area contributed by atoms with E-state index in [9.17, 15) is 0 Å². The maximum atomic E-state index is 4.70. The highest BCUT2D eigenvalue weighted by Crippen LogP contribution is 2.32. The second-order valence-corrected chi connectivity index (χ2v) is 6.62. The molecule has 1 fully saturated rings. The molecule has 1 aromatic heterocycles. The lowest BCUT2D eigenvalue weighted by atomic mass is 10.2. The Bertz CT molecular complexity index is 418. The second-order valence-electron chi connectivity index (χ2n) is 5.70. The van der Waals surface area contributed by atoms with Gasteiger partial charge in [0, 0.05) is 35.9 Å². The number of hydrogen-bond acceptors (Lipinski definition) is 3. The summed E-state index contributed by atoms with van der Waals surface area (Å²) in [5.41, 5.74) is 1.31. The third-order valence-electron chi connectivity index (χ3n) is 3.62. The SMILES string of the molecule is CCCNCc1cc(Br)cnc1N(CCC)CC1CC1. The Morgan fingerprint density at radius 1 is 1.35 bits per heavy atom. The summed E-state index contributed by atoms with van der Waals surface area (Å²) < 4.78 is 1.07. The molecule has 1 aliphatic rings. The van der Waals surface area contributed by atoms with Crippen molar-refractivity contribution in [3.8, 4) is 0 Å². The Labute approximate surface area is 131 Å². The number of hydrogen-bond donors (Lipinski definition) is 1. The van der Waals surface area contributed by atoms with Gasteiger partial charge in [-0.05, 0) is 60.1 Å². The largest absolute Gasteiger partial charge is 0.356 e. The molecular formula is C16H26BrN3. The lowest BCUT2D eigenvalue weighted by Crippen LogP contribution is -2.29.